The van der Waals surface area contributed by atoms with Crippen molar-refractivity contribution < 1.29 is 4.39 Å². The van der Waals surface area contributed by atoms with E-state index in [1.807, 2.05) is 0 Å². The summed E-state index contributed by atoms with van der Waals surface area (Å²) in [7, 11) is 0. The van der Waals surface area contributed by atoms with Crippen molar-refractivity contribution in [2.75, 3.05) is 8.86 Å². The molecule has 0 fully saturated rings. The number of hydrogen-bond acceptors (Lipinski definition) is 0. The summed E-state index contributed by atoms with van der Waals surface area (Å²) in [5, 5.41) is 0. The molecule has 0 radical (unpaired) electrons. The van der Waals surface area contributed by atoms with Gasteiger partial charge in [0.05, 0.1) is 0 Å². The summed E-state index contributed by atoms with van der Waals surface area (Å²) >= 11 is -0.884. The SMILES string of the molecule is CCI(C[C@@H](C)F)C(C)C. The molecule has 0 aliphatic carbocycles. The average Bonchev–Trinajstić information content (AvgIpc) is 1.81. The second-order valence-corrected chi connectivity index (χ2v) is 10.5. The third kappa shape index (κ3) is 4.47. The fourth-order valence-corrected chi connectivity index (χ4v) is 5.83. The Morgan fingerprint density at radius 2 is 1.80 bits per heavy atom. The number of hydrogen-bond donors (Lipinski definition) is 0. The van der Waals surface area contributed by atoms with E-state index in [0.717, 1.165) is 8.35 Å². The minimum atomic E-state index is -0.884. The van der Waals surface area contributed by atoms with Crippen LogP contribution >= 0.6 is 19.8 Å². The van der Waals surface area contributed by atoms with Gasteiger partial charge in [0.1, 0.15) is 0 Å². The topological polar surface area (TPSA) is 0 Å². The molecule has 0 aromatic heterocycles. The molecule has 0 aliphatic heterocycles. The first-order valence-electron chi connectivity index (χ1n) is 3.82. The maximum absolute atomic E-state index is 12.5. The van der Waals surface area contributed by atoms with Crippen molar-refractivity contribution in [3.8, 4) is 0 Å². The predicted molar refractivity (Wildman–Crippen MR) is 55.1 cm³/mol. The van der Waals surface area contributed by atoms with Crippen molar-refractivity contribution in [1.82, 2.24) is 0 Å². The normalized spacial score (nSPS) is 15.6. The molecule has 10 heavy (non-hydrogen) atoms. The van der Waals surface area contributed by atoms with Crippen LogP contribution in [0.3, 0.4) is 0 Å². The first-order valence-corrected chi connectivity index (χ1v) is 8.12. The van der Waals surface area contributed by atoms with Crippen LogP contribution in [0, 0.1) is 0 Å². The molecule has 0 aromatic carbocycles. The maximum atomic E-state index is 12.5. The van der Waals surface area contributed by atoms with E-state index in [-0.39, 0.29) is 0 Å². The van der Waals surface area contributed by atoms with Gasteiger partial charge in [-0.15, -0.1) is 0 Å². The Balaban J connectivity index is 3.60. The standard InChI is InChI=1S/C8H18FI/c1-5-10(7(2)3)6-8(4)9/h7-8H,5-6H2,1-4H3/t8-/m1/s1. The summed E-state index contributed by atoms with van der Waals surface area (Å²) in [5.41, 5.74) is 0. The Bertz CT molecular complexity index is 81.3. The van der Waals surface area contributed by atoms with Crippen LogP contribution in [-0.4, -0.2) is 19.0 Å². The molecular formula is C8H18FI. The summed E-state index contributed by atoms with van der Waals surface area (Å²) in [4.78, 5) is 0. The van der Waals surface area contributed by atoms with Gasteiger partial charge in [-0.1, -0.05) is 0 Å². The van der Waals surface area contributed by atoms with Crippen molar-refractivity contribution in [3.05, 3.63) is 0 Å². The Morgan fingerprint density at radius 3 is 1.90 bits per heavy atom. The second kappa shape index (κ2) is 5.33. The molecule has 0 saturated carbocycles. The van der Waals surface area contributed by atoms with Gasteiger partial charge in [0.15, 0.2) is 0 Å². The van der Waals surface area contributed by atoms with Crippen molar-refractivity contribution in [2.24, 2.45) is 0 Å². The number of rotatable bonds is 4. The third-order valence-electron chi connectivity index (χ3n) is 1.37. The van der Waals surface area contributed by atoms with Gasteiger partial charge in [0.2, 0.25) is 0 Å². The summed E-state index contributed by atoms with van der Waals surface area (Å²) in [6.45, 7) is 8.35. The summed E-state index contributed by atoms with van der Waals surface area (Å²) < 4.78 is 15.5. The summed E-state index contributed by atoms with van der Waals surface area (Å²) in [6.07, 6.45) is -0.562. The van der Waals surface area contributed by atoms with Crippen LogP contribution in [0.15, 0.2) is 0 Å². The third-order valence-corrected chi connectivity index (χ3v) is 9.20. The van der Waals surface area contributed by atoms with E-state index in [0.29, 0.717) is 0 Å². The molecule has 64 valence electrons. The van der Waals surface area contributed by atoms with Crippen LogP contribution in [0.1, 0.15) is 27.7 Å². The van der Waals surface area contributed by atoms with Crippen LogP contribution in [-0.2, 0) is 0 Å². The molecule has 0 spiro atoms. The molecule has 0 rings (SSSR count). The fraction of sp³-hybridized carbons (Fsp3) is 1.00. The fourth-order valence-electron chi connectivity index (χ4n) is 0.869. The van der Waals surface area contributed by atoms with E-state index >= 15 is 0 Å². The quantitative estimate of drug-likeness (QED) is 0.537. The molecule has 0 aliphatic rings. The van der Waals surface area contributed by atoms with Gasteiger partial charge in [-0.3, -0.25) is 0 Å². The molecule has 0 nitrogen and oxygen atoms in total. The van der Waals surface area contributed by atoms with E-state index in [2.05, 4.69) is 20.8 Å². The van der Waals surface area contributed by atoms with E-state index < -0.39 is 26.0 Å². The zero-order valence-electron chi connectivity index (χ0n) is 7.32. The van der Waals surface area contributed by atoms with Gasteiger partial charge in [-0.2, -0.15) is 0 Å². The molecule has 0 amide bonds. The van der Waals surface area contributed by atoms with Gasteiger partial charge >= 0.3 is 70.9 Å². The number of halogens is 2. The molecule has 0 unspecified atom stereocenters. The zero-order chi connectivity index (χ0) is 8.15. The van der Waals surface area contributed by atoms with Gasteiger partial charge in [0.25, 0.3) is 0 Å². The molecule has 0 N–H and O–H groups in total. The molecule has 0 bridgehead atoms. The Hall–Kier alpha value is 0.660. The van der Waals surface area contributed by atoms with Crippen molar-refractivity contribution in [3.63, 3.8) is 0 Å². The predicted octanol–water partition coefficient (Wildman–Crippen LogP) is 3.28. The van der Waals surface area contributed by atoms with Gasteiger partial charge in [0, 0.05) is 0 Å². The first-order chi connectivity index (χ1) is 4.57. The molecule has 0 heterocycles. The molecule has 1 atom stereocenters. The average molecular weight is 260 g/mol. The Labute approximate surface area is 71.0 Å². The van der Waals surface area contributed by atoms with E-state index in [9.17, 15) is 4.39 Å². The molecular weight excluding hydrogens is 242 g/mol. The van der Waals surface area contributed by atoms with Crippen LogP contribution in [0.5, 0.6) is 0 Å². The van der Waals surface area contributed by atoms with E-state index in [1.165, 1.54) is 4.43 Å². The Morgan fingerprint density at radius 1 is 1.30 bits per heavy atom. The minimum absolute atomic E-state index is 0.562. The van der Waals surface area contributed by atoms with Crippen LogP contribution in [0.25, 0.3) is 0 Å². The second-order valence-electron chi connectivity index (χ2n) is 2.71. The Kier molecular flexibility index (Phi) is 5.68. The summed E-state index contributed by atoms with van der Waals surface area (Å²) in [5.74, 6) is 0. The van der Waals surface area contributed by atoms with Gasteiger partial charge in [-0.25, -0.2) is 0 Å². The first kappa shape index (κ1) is 10.7. The molecule has 0 aromatic rings. The monoisotopic (exact) mass is 260 g/mol. The van der Waals surface area contributed by atoms with E-state index in [4.69, 9.17) is 0 Å². The van der Waals surface area contributed by atoms with Crippen molar-refractivity contribution >= 4 is 19.8 Å². The summed E-state index contributed by atoms with van der Waals surface area (Å²) in [6, 6.07) is 0. The van der Waals surface area contributed by atoms with Crippen molar-refractivity contribution in [1.29, 1.82) is 0 Å². The van der Waals surface area contributed by atoms with Crippen molar-refractivity contribution in [2.45, 2.75) is 37.8 Å². The molecule has 2 heteroatoms. The zero-order valence-corrected chi connectivity index (χ0v) is 9.48. The van der Waals surface area contributed by atoms with Crippen LogP contribution in [0.2, 0.25) is 0 Å². The van der Waals surface area contributed by atoms with Crippen LogP contribution < -0.4 is 0 Å². The molecule has 0 saturated heterocycles. The van der Waals surface area contributed by atoms with Crippen LogP contribution in [0.4, 0.5) is 4.39 Å². The number of alkyl halides is 4. The van der Waals surface area contributed by atoms with Gasteiger partial charge < -0.3 is 0 Å². The van der Waals surface area contributed by atoms with Gasteiger partial charge in [-0.05, 0) is 0 Å². The van der Waals surface area contributed by atoms with E-state index in [1.54, 1.807) is 6.92 Å².